The Morgan fingerprint density at radius 2 is 2.06 bits per heavy atom. The van der Waals surface area contributed by atoms with Crippen LogP contribution in [0.25, 0.3) is 0 Å². The minimum Gasteiger partial charge on any atom is -0.474 e. The summed E-state index contributed by atoms with van der Waals surface area (Å²) in [7, 11) is 2.06. The summed E-state index contributed by atoms with van der Waals surface area (Å²) in [6.07, 6.45) is 4.71. The van der Waals surface area contributed by atoms with Gasteiger partial charge in [-0.15, -0.1) is 0 Å². The number of hydrogen-bond donors (Lipinski definition) is 1. The van der Waals surface area contributed by atoms with Crippen molar-refractivity contribution >= 4 is 39.5 Å². The van der Waals surface area contributed by atoms with Gasteiger partial charge in [0.15, 0.2) is 0 Å². The number of likely N-dealkylation sites (N-methyl/N-ethyl adjacent to an activating group) is 1. The highest BCUT2D eigenvalue weighted by Gasteiger charge is 2.33. The first-order valence-electron chi connectivity index (χ1n) is 6.29. The van der Waals surface area contributed by atoms with Crippen LogP contribution in [0.5, 0.6) is 0 Å². The van der Waals surface area contributed by atoms with Crippen molar-refractivity contribution in [2.45, 2.75) is 46.9 Å². The Morgan fingerprint density at radius 3 is 2.72 bits per heavy atom. The lowest BCUT2D eigenvalue weighted by Gasteiger charge is -2.32. The van der Waals surface area contributed by atoms with Crippen molar-refractivity contribution in [3.8, 4) is 0 Å². The summed E-state index contributed by atoms with van der Waals surface area (Å²) in [5.41, 5.74) is 1.26. The molecule has 0 saturated carbocycles. The number of alkyl halides is 2. The molecule has 18 heavy (non-hydrogen) atoms. The van der Waals surface area contributed by atoms with E-state index in [-0.39, 0.29) is 0 Å². The van der Waals surface area contributed by atoms with Crippen molar-refractivity contribution < 1.29 is 4.74 Å². The number of nitrogens with one attached hydrogen (secondary N) is 1. The van der Waals surface area contributed by atoms with Crippen molar-refractivity contribution in [3.05, 3.63) is 11.5 Å². The number of piperidine rings is 1. The van der Waals surface area contributed by atoms with Gasteiger partial charge in [0, 0.05) is 25.5 Å². The van der Waals surface area contributed by atoms with Gasteiger partial charge in [-0.3, -0.25) is 5.32 Å². The maximum Gasteiger partial charge on any atom is 0.215 e. The van der Waals surface area contributed by atoms with Crippen LogP contribution in [0.15, 0.2) is 16.4 Å². The van der Waals surface area contributed by atoms with Crippen molar-refractivity contribution in [2.24, 2.45) is 4.99 Å². The molecule has 1 N–H and O–H groups in total. The molecule has 2 bridgehead atoms. The first kappa shape index (κ1) is 13.4. The second-order valence-electron chi connectivity index (χ2n) is 5.05. The monoisotopic (exact) mass is 475 g/mol. The lowest BCUT2D eigenvalue weighted by atomic mass is 10.1. The molecule has 0 aromatic carbocycles. The second kappa shape index (κ2) is 5.43. The quantitative estimate of drug-likeness (QED) is 0.380. The number of hydrogen-bond acceptors (Lipinski definition) is 4. The standard InChI is InChI=1S/C12H19I2N3O/c1-7-8(2)17(3)6-15-12(7)18-9-4-10-13-14-11(5-9)16-10/h6,8-11,16H,4-5H2,1-3H3/t8?,10-,11-/m1/s1. The second-order valence-corrected chi connectivity index (χ2v) is 15.3. The minimum absolute atomic E-state index is 0.399. The Balaban J connectivity index is 1.68. The van der Waals surface area contributed by atoms with Gasteiger partial charge in [0.05, 0.1) is 20.5 Å². The third-order valence-corrected chi connectivity index (χ3v) is 16.4. The average Bonchev–Trinajstić information content (AvgIpc) is 2.70. The van der Waals surface area contributed by atoms with Crippen LogP contribution >= 0.6 is 33.2 Å². The number of rotatable bonds is 2. The Bertz CT molecular complexity index is 421. The maximum absolute atomic E-state index is 6.19. The van der Waals surface area contributed by atoms with E-state index in [0.29, 0.717) is 45.3 Å². The molecule has 0 aromatic rings. The van der Waals surface area contributed by atoms with E-state index < -0.39 is 0 Å². The van der Waals surface area contributed by atoms with Crippen molar-refractivity contribution in [1.29, 1.82) is 0 Å². The van der Waals surface area contributed by atoms with Gasteiger partial charge in [-0.1, -0.05) is 33.2 Å². The number of aliphatic imine (C=N–C) groups is 1. The molecule has 1 unspecified atom stereocenters. The Morgan fingerprint density at radius 1 is 1.39 bits per heavy atom. The predicted octanol–water partition coefficient (Wildman–Crippen LogP) is 2.87. The molecule has 3 heterocycles. The van der Waals surface area contributed by atoms with E-state index in [2.05, 4.69) is 36.1 Å². The number of ether oxygens (including phenoxy) is 1. The van der Waals surface area contributed by atoms with Gasteiger partial charge >= 0.3 is 0 Å². The highest BCUT2D eigenvalue weighted by atomic mass is 128. The van der Waals surface area contributed by atoms with E-state index in [1.54, 1.807) is 0 Å². The third-order valence-electron chi connectivity index (χ3n) is 3.76. The fourth-order valence-electron chi connectivity index (χ4n) is 2.33. The van der Waals surface area contributed by atoms with Crippen LogP contribution in [-0.4, -0.2) is 38.5 Å². The lowest BCUT2D eigenvalue weighted by molar-refractivity contribution is 0.0775. The fraction of sp³-hybridized carbons (Fsp3) is 0.750. The molecule has 3 aliphatic rings. The van der Waals surface area contributed by atoms with Crippen LogP contribution in [0.3, 0.4) is 0 Å². The van der Waals surface area contributed by atoms with Crippen LogP contribution in [0.1, 0.15) is 26.7 Å². The molecule has 0 spiro atoms. The molecule has 1 fully saturated rings. The molecule has 4 nitrogen and oxygen atoms in total. The summed E-state index contributed by atoms with van der Waals surface area (Å²) in [5.74, 6) is 0.878. The summed E-state index contributed by atoms with van der Waals surface area (Å²) in [6, 6.07) is 0.399. The molecular weight excluding hydrogens is 456 g/mol. The Kier molecular flexibility index (Phi) is 4.05. The van der Waals surface area contributed by atoms with Crippen molar-refractivity contribution in [2.75, 3.05) is 7.05 Å². The summed E-state index contributed by atoms with van der Waals surface area (Å²) in [5, 5.41) is 3.74. The SMILES string of the molecule is CC1=C(OC2C[C@H]3N[C@H](C2)I=I3)N=CN(C)C1C. The zero-order chi connectivity index (χ0) is 12.7. The molecule has 3 atom stereocenters. The van der Waals surface area contributed by atoms with Crippen LogP contribution < -0.4 is 5.32 Å². The van der Waals surface area contributed by atoms with Crippen LogP contribution in [0.4, 0.5) is 0 Å². The van der Waals surface area contributed by atoms with Crippen LogP contribution in [0, 0.1) is 0 Å². The fourth-order valence-corrected chi connectivity index (χ4v) is 15.1. The van der Waals surface area contributed by atoms with Gasteiger partial charge in [-0.2, -0.15) is 0 Å². The number of halogens is 2. The third kappa shape index (κ3) is 2.65. The van der Waals surface area contributed by atoms with Crippen LogP contribution in [-0.2, 0) is 4.74 Å². The van der Waals surface area contributed by atoms with Crippen LogP contribution in [0.2, 0.25) is 0 Å². The van der Waals surface area contributed by atoms with Gasteiger partial charge < -0.3 is 9.64 Å². The van der Waals surface area contributed by atoms with Gasteiger partial charge in [-0.25, -0.2) is 4.99 Å². The molecule has 1 saturated heterocycles. The molecule has 3 rings (SSSR count). The summed E-state index contributed by atoms with van der Waals surface area (Å²) in [6.45, 7) is 4.34. The van der Waals surface area contributed by atoms with E-state index in [1.807, 2.05) is 6.34 Å². The van der Waals surface area contributed by atoms with Gasteiger partial charge in [0.1, 0.15) is 6.10 Å². The topological polar surface area (TPSA) is 36.9 Å². The van der Waals surface area contributed by atoms with Gasteiger partial charge in [0.25, 0.3) is 0 Å². The van der Waals surface area contributed by atoms with E-state index in [9.17, 15) is 0 Å². The normalized spacial score (nSPS) is 39.4. The molecule has 6 heteroatoms. The number of fused-ring (bicyclic) bond motifs is 2. The summed E-state index contributed by atoms with van der Waals surface area (Å²) < 4.78 is 7.85. The Labute approximate surface area is 124 Å². The summed E-state index contributed by atoms with van der Waals surface area (Å²) >= 11 is 0.950. The van der Waals surface area contributed by atoms with E-state index in [4.69, 9.17) is 4.74 Å². The highest BCUT2D eigenvalue weighted by molar-refractivity contribution is 14.8. The number of nitrogens with zero attached hydrogens (tertiary/aromatic N) is 2. The minimum atomic E-state index is 0.399. The first-order chi connectivity index (χ1) is 8.63. The molecular formula is C12H19I2N3O. The summed E-state index contributed by atoms with van der Waals surface area (Å²) in [4.78, 5) is 6.59. The predicted molar refractivity (Wildman–Crippen MR) is 91.3 cm³/mol. The van der Waals surface area contributed by atoms with E-state index >= 15 is 0 Å². The molecule has 0 aliphatic carbocycles. The first-order valence-corrected chi connectivity index (χ1v) is 15.1. The molecule has 3 aliphatic heterocycles. The lowest BCUT2D eigenvalue weighted by Crippen LogP contribution is -2.41. The molecule has 0 aromatic heterocycles. The average molecular weight is 475 g/mol. The largest absolute Gasteiger partial charge is 0.474 e. The van der Waals surface area contributed by atoms with Gasteiger partial charge in [0.2, 0.25) is 5.88 Å². The maximum atomic E-state index is 6.19. The highest BCUT2D eigenvalue weighted by Crippen LogP contribution is 2.43. The van der Waals surface area contributed by atoms with E-state index in [1.165, 1.54) is 18.4 Å². The zero-order valence-electron chi connectivity index (χ0n) is 10.9. The van der Waals surface area contributed by atoms with E-state index in [0.717, 1.165) is 14.0 Å². The van der Waals surface area contributed by atoms with Crippen molar-refractivity contribution in [1.82, 2.24) is 10.2 Å². The molecule has 0 radical (unpaired) electrons. The smallest absolute Gasteiger partial charge is 0.215 e. The Hall–Kier alpha value is 0.430. The van der Waals surface area contributed by atoms with Crippen molar-refractivity contribution in [3.63, 3.8) is 0 Å². The molecule has 102 valence electrons. The van der Waals surface area contributed by atoms with Gasteiger partial charge in [-0.05, 0) is 13.8 Å². The zero-order valence-corrected chi connectivity index (χ0v) is 15.2. The molecule has 0 amide bonds.